The van der Waals surface area contributed by atoms with Crippen molar-refractivity contribution in [2.24, 2.45) is 5.92 Å². The summed E-state index contributed by atoms with van der Waals surface area (Å²) in [5, 5.41) is 20.4. The number of rotatable bonds is 6. The fraction of sp³-hybridized carbons (Fsp3) is 0.294. The molecular formula is C17H19NO4. The van der Waals surface area contributed by atoms with Gasteiger partial charge in [0, 0.05) is 17.6 Å². The van der Waals surface area contributed by atoms with Gasteiger partial charge >= 0.3 is 11.9 Å². The van der Waals surface area contributed by atoms with E-state index in [1.54, 1.807) is 18.7 Å². The normalized spacial score (nSPS) is 13.5. The number of aliphatic carboxylic acids is 2. The highest BCUT2D eigenvalue weighted by atomic mass is 16.4. The van der Waals surface area contributed by atoms with Crippen LogP contribution in [0.25, 0.3) is 10.8 Å². The summed E-state index contributed by atoms with van der Waals surface area (Å²) in [4.78, 5) is 24.2. The van der Waals surface area contributed by atoms with Gasteiger partial charge in [0.15, 0.2) is 0 Å². The Balaban J connectivity index is 2.51. The second kappa shape index (κ2) is 6.47. The van der Waals surface area contributed by atoms with Crippen LogP contribution in [-0.2, 0) is 9.59 Å². The summed E-state index contributed by atoms with van der Waals surface area (Å²) >= 11 is 0. The summed E-state index contributed by atoms with van der Waals surface area (Å²) in [6.07, 6.45) is 0. The molecule has 2 N–H and O–H groups in total. The molecule has 2 unspecified atom stereocenters. The highest BCUT2D eigenvalue weighted by Crippen LogP contribution is 2.29. The van der Waals surface area contributed by atoms with Crippen LogP contribution in [0.15, 0.2) is 42.5 Å². The molecule has 0 saturated heterocycles. The van der Waals surface area contributed by atoms with E-state index in [-0.39, 0.29) is 6.54 Å². The number of anilines is 1. The van der Waals surface area contributed by atoms with Crippen LogP contribution in [0.4, 0.5) is 5.69 Å². The van der Waals surface area contributed by atoms with Crippen LogP contribution in [0.1, 0.15) is 13.8 Å². The number of nitrogens with zero attached hydrogens (tertiary/aromatic N) is 1. The topological polar surface area (TPSA) is 77.8 Å². The van der Waals surface area contributed by atoms with Crippen LogP contribution in [0.3, 0.4) is 0 Å². The maximum absolute atomic E-state index is 11.4. The Morgan fingerprint density at radius 1 is 1.00 bits per heavy atom. The molecule has 2 aromatic rings. The quantitative estimate of drug-likeness (QED) is 0.858. The largest absolute Gasteiger partial charge is 0.481 e. The molecule has 5 heteroatoms. The maximum atomic E-state index is 11.4. The predicted molar refractivity (Wildman–Crippen MR) is 85.2 cm³/mol. The van der Waals surface area contributed by atoms with Crippen molar-refractivity contribution in [3.05, 3.63) is 42.5 Å². The summed E-state index contributed by atoms with van der Waals surface area (Å²) in [5.74, 6) is -2.59. The fourth-order valence-electron chi connectivity index (χ4n) is 2.43. The van der Waals surface area contributed by atoms with Crippen LogP contribution in [0.5, 0.6) is 0 Å². The minimum atomic E-state index is -0.981. The molecule has 2 rings (SSSR count). The van der Waals surface area contributed by atoms with Gasteiger partial charge in [0.25, 0.3) is 0 Å². The molecule has 2 atom stereocenters. The number of benzene rings is 2. The minimum Gasteiger partial charge on any atom is -0.481 e. The number of fused-ring (bicyclic) bond motifs is 1. The fourth-order valence-corrected chi connectivity index (χ4v) is 2.43. The summed E-state index contributed by atoms with van der Waals surface area (Å²) in [6, 6.07) is 12.5. The highest BCUT2D eigenvalue weighted by molar-refractivity contribution is 5.96. The van der Waals surface area contributed by atoms with Crippen LogP contribution in [0.2, 0.25) is 0 Å². The predicted octanol–water partition coefficient (Wildman–Crippen LogP) is 2.84. The number of carboxylic acid groups (broad SMARTS) is 2. The second-order valence-electron chi connectivity index (χ2n) is 5.40. The standard InChI is InChI=1S/C17H19NO4/c1-11(16(19)20)10-18(12(2)17(21)22)15-9-5-7-13-6-3-4-8-14(13)15/h3-9,11-12H,10H2,1-2H3,(H,19,20)(H,21,22). The summed E-state index contributed by atoms with van der Waals surface area (Å²) < 4.78 is 0. The first-order valence-corrected chi connectivity index (χ1v) is 7.12. The van der Waals surface area contributed by atoms with E-state index in [0.717, 1.165) is 16.5 Å². The Morgan fingerprint density at radius 3 is 2.27 bits per heavy atom. The first-order chi connectivity index (χ1) is 10.4. The van der Waals surface area contributed by atoms with E-state index in [9.17, 15) is 14.7 Å². The van der Waals surface area contributed by atoms with E-state index >= 15 is 0 Å². The van der Waals surface area contributed by atoms with Crippen molar-refractivity contribution >= 4 is 28.4 Å². The average molecular weight is 301 g/mol. The van der Waals surface area contributed by atoms with Crippen molar-refractivity contribution in [2.75, 3.05) is 11.4 Å². The molecule has 0 aliphatic rings. The van der Waals surface area contributed by atoms with Gasteiger partial charge in [-0.1, -0.05) is 43.3 Å². The van der Waals surface area contributed by atoms with Gasteiger partial charge in [0.2, 0.25) is 0 Å². The number of hydrogen-bond donors (Lipinski definition) is 2. The average Bonchev–Trinajstić information content (AvgIpc) is 2.51. The molecule has 116 valence electrons. The molecule has 22 heavy (non-hydrogen) atoms. The van der Waals surface area contributed by atoms with Gasteiger partial charge < -0.3 is 15.1 Å². The zero-order chi connectivity index (χ0) is 16.3. The number of hydrogen-bond acceptors (Lipinski definition) is 3. The van der Waals surface area contributed by atoms with Crippen molar-refractivity contribution in [1.82, 2.24) is 0 Å². The second-order valence-corrected chi connectivity index (χ2v) is 5.40. The van der Waals surface area contributed by atoms with Gasteiger partial charge in [-0.25, -0.2) is 4.79 Å². The Labute approximate surface area is 128 Å². The third kappa shape index (κ3) is 3.19. The first-order valence-electron chi connectivity index (χ1n) is 7.12. The Hall–Kier alpha value is -2.56. The zero-order valence-corrected chi connectivity index (χ0v) is 12.6. The molecule has 0 aliphatic carbocycles. The molecule has 0 amide bonds. The van der Waals surface area contributed by atoms with Crippen molar-refractivity contribution in [2.45, 2.75) is 19.9 Å². The lowest BCUT2D eigenvalue weighted by Crippen LogP contribution is -2.43. The maximum Gasteiger partial charge on any atom is 0.326 e. The first kappa shape index (κ1) is 15.8. The molecule has 0 heterocycles. The Kier molecular flexibility index (Phi) is 4.65. The third-order valence-electron chi connectivity index (χ3n) is 3.79. The summed E-state index contributed by atoms with van der Waals surface area (Å²) in [7, 11) is 0. The van der Waals surface area contributed by atoms with E-state index in [0.29, 0.717) is 0 Å². The number of carboxylic acids is 2. The van der Waals surface area contributed by atoms with E-state index in [1.165, 1.54) is 0 Å². The highest BCUT2D eigenvalue weighted by Gasteiger charge is 2.26. The molecular weight excluding hydrogens is 282 g/mol. The lowest BCUT2D eigenvalue weighted by Gasteiger charge is -2.31. The van der Waals surface area contributed by atoms with Crippen LogP contribution < -0.4 is 4.90 Å². The minimum absolute atomic E-state index is 0.136. The molecule has 0 aromatic heterocycles. The van der Waals surface area contributed by atoms with E-state index in [4.69, 9.17) is 5.11 Å². The lowest BCUT2D eigenvalue weighted by atomic mass is 10.0. The van der Waals surface area contributed by atoms with Gasteiger partial charge in [-0.2, -0.15) is 0 Å². The van der Waals surface area contributed by atoms with Gasteiger partial charge in [0.1, 0.15) is 6.04 Å². The van der Waals surface area contributed by atoms with Crippen molar-refractivity contribution < 1.29 is 19.8 Å². The monoisotopic (exact) mass is 301 g/mol. The SMILES string of the molecule is CC(CN(c1cccc2ccccc12)C(C)C(=O)O)C(=O)O. The molecule has 0 radical (unpaired) electrons. The van der Waals surface area contributed by atoms with Gasteiger partial charge in [-0.15, -0.1) is 0 Å². The molecule has 5 nitrogen and oxygen atoms in total. The van der Waals surface area contributed by atoms with E-state index in [2.05, 4.69) is 0 Å². The van der Waals surface area contributed by atoms with Crippen molar-refractivity contribution in [3.63, 3.8) is 0 Å². The molecule has 0 saturated carbocycles. The zero-order valence-electron chi connectivity index (χ0n) is 12.6. The Bertz CT molecular complexity index is 693. The van der Waals surface area contributed by atoms with Crippen LogP contribution in [0, 0.1) is 5.92 Å². The summed E-state index contributed by atoms with van der Waals surface area (Å²) in [6.45, 7) is 3.28. The summed E-state index contributed by atoms with van der Waals surface area (Å²) in [5.41, 5.74) is 0.737. The molecule has 0 bridgehead atoms. The molecule has 0 spiro atoms. The smallest absolute Gasteiger partial charge is 0.326 e. The van der Waals surface area contributed by atoms with E-state index in [1.807, 2.05) is 42.5 Å². The van der Waals surface area contributed by atoms with Gasteiger partial charge in [-0.3, -0.25) is 4.79 Å². The van der Waals surface area contributed by atoms with Gasteiger partial charge in [0.05, 0.1) is 5.92 Å². The molecule has 0 aliphatic heterocycles. The number of carbonyl (C=O) groups is 2. The van der Waals surface area contributed by atoms with Crippen LogP contribution in [-0.4, -0.2) is 34.7 Å². The Morgan fingerprint density at radius 2 is 1.64 bits per heavy atom. The third-order valence-corrected chi connectivity index (χ3v) is 3.79. The van der Waals surface area contributed by atoms with Crippen molar-refractivity contribution in [1.29, 1.82) is 0 Å². The molecule has 0 fully saturated rings. The van der Waals surface area contributed by atoms with Crippen LogP contribution >= 0.6 is 0 Å². The lowest BCUT2D eigenvalue weighted by molar-refractivity contribution is -0.142. The van der Waals surface area contributed by atoms with Crippen molar-refractivity contribution in [3.8, 4) is 0 Å². The van der Waals surface area contributed by atoms with E-state index < -0.39 is 23.9 Å². The van der Waals surface area contributed by atoms with Gasteiger partial charge in [-0.05, 0) is 18.4 Å². The molecule has 2 aromatic carbocycles.